The Kier molecular flexibility index (Phi) is 3.53. The van der Waals surface area contributed by atoms with Gasteiger partial charge in [0.05, 0.1) is 7.11 Å². The number of ether oxygens (including phenoxy) is 1. The van der Waals surface area contributed by atoms with Gasteiger partial charge in [-0.05, 0) is 30.0 Å². The molecular formula is C13H13NO3S. The van der Waals surface area contributed by atoms with E-state index in [-0.39, 0.29) is 11.7 Å². The minimum Gasteiger partial charge on any atom is -0.508 e. The van der Waals surface area contributed by atoms with Gasteiger partial charge < -0.3 is 15.2 Å². The first-order chi connectivity index (χ1) is 8.61. The van der Waals surface area contributed by atoms with Crippen molar-refractivity contribution in [2.75, 3.05) is 12.4 Å². The SMILES string of the molecule is COc1ccsc1C(=O)Nc1ccc(C)c(O)c1. The molecule has 2 rings (SSSR count). The third-order valence-electron chi connectivity index (χ3n) is 2.52. The number of hydrogen-bond acceptors (Lipinski definition) is 4. The Morgan fingerprint density at radius 1 is 1.39 bits per heavy atom. The van der Waals surface area contributed by atoms with Gasteiger partial charge in [0, 0.05) is 11.8 Å². The summed E-state index contributed by atoms with van der Waals surface area (Å²) in [6, 6.07) is 6.75. The van der Waals surface area contributed by atoms with Crippen LogP contribution in [0.25, 0.3) is 0 Å². The first kappa shape index (κ1) is 12.4. The molecule has 0 bridgehead atoms. The molecule has 0 aliphatic heterocycles. The summed E-state index contributed by atoms with van der Waals surface area (Å²) in [6.45, 7) is 1.79. The fraction of sp³-hybridized carbons (Fsp3) is 0.154. The van der Waals surface area contributed by atoms with Gasteiger partial charge in [-0.2, -0.15) is 0 Å². The van der Waals surface area contributed by atoms with Crippen LogP contribution in [-0.4, -0.2) is 18.1 Å². The third kappa shape index (κ3) is 2.46. The second-order valence-corrected chi connectivity index (χ2v) is 4.69. The molecule has 4 nitrogen and oxygen atoms in total. The molecule has 1 aromatic heterocycles. The van der Waals surface area contributed by atoms with Gasteiger partial charge in [0.1, 0.15) is 16.4 Å². The maximum Gasteiger partial charge on any atom is 0.269 e. The Morgan fingerprint density at radius 2 is 2.17 bits per heavy atom. The first-order valence-electron chi connectivity index (χ1n) is 5.34. The Bertz CT molecular complexity index is 577. The number of phenolic OH excluding ortho intramolecular Hbond substituents is 1. The van der Waals surface area contributed by atoms with Gasteiger partial charge in [0.15, 0.2) is 0 Å². The van der Waals surface area contributed by atoms with Crippen LogP contribution in [0.1, 0.15) is 15.2 Å². The summed E-state index contributed by atoms with van der Waals surface area (Å²) in [5.41, 5.74) is 1.32. The molecule has 0 saturated heterocycles. The predicted octanol–water partition coefficient (Wildman–Crippen LogP) is 3.02. The van der Waals surface area contributed by atoms with Crippen LogP contribution in [0.3, 0.4) is 0 Å². The number of carbonyl (C=O) groups is 1. The third-order valence-corrected chi connectivity index (χ3v) is 3.42. The first-order valence-corrected chi connectivity index (χ1v) is 6.22. The standard InChI is InChI=1S/C13H13NO3S/c1-8-3-4-9(7-10(8)15)14-13(16)12-11(17-2)5-6-18-12/h3-7,15H,1-2H3,(H,14,16). The topological polar surface area (TPSA) is 58.6 Å². The normalized spacial score (nSPS) is 10.1. The molecule has 0 atom stereocenters. The average Bonchev–Trinajstić information content (AvgIpc) is 2.82. The van der Waals surface area contributed by atoms with Gasteiger partial charge in [-0.25, -0.2) is 0 Å². The summed E-state index contributed by atoms with van der Waals surface area (Å²) in [5, 5.41) is 14.1. The van der Waals surface area contributed by atoms with Crippen LogP contribution in [0.5, 0.6) is 11.5 Å². The highest BCUT2D eigenvalue weighted by Gasteiger charge is 2.14. The number of phenols is 1. The van der Waals surface area contributed by atoms with E-state index in [0.717, 1.165) is 5.56 Å². The summed E-state index contributed by atoms with van der Waals surface area (Å²) in [6.07, 6.45) is 0. The maximum atomic E-state index is 12.0. The maximum absolute atomic E-state index is 12.0. The zero-order valence-corrected chi connectivity index (χ0v) is 10.9. The van der Waals surface area contributed by atoms with Crippen LogP contribution in [0, 0.1) is 6.92 Å². The number of thiophene rings is 1. The Hall–Kier alpha value is -2.01. The fourth-order valence-corrected chi connectivity index (χ4v) is 2.25. The van der Waals surface area contributed by atoms with Crippen molar-refractivity contribution >= 4 is 22.9 Å². The number of anilines is 1. The number of rotatable bonds is 3. The monoisotopic (exact) mass is 263 g/mol. The van der Waals surface area contributed by atoms with Gasteiger partial charge in [0.25, 0.3) is 5.91 Å². The number of amides is 1. The van der Waals surface area contributed by atoms with Crippen LogP contribution >= 0.6 is 11.3 Å². The molecule has 0 aliphatic carbocycles. The zero-order chi connectivity index (χ0) is 13.1. The van der Waals surface area contributed by atoms with Gasteiger partial charge >= 0.3 is 0 Å². The van der Waals surface area contributed by atoms with Gasteiger partial charge in [-0.15, -0.1) is 11.3 Å². The number of aromatic hydroxyl groups is 1. The Labute approximate surface area is 109 Å². The van der Waals surface area contributed by atoms with E-state index >= 15 is 0 Å². The largest absolute Gasteiger partial charge is 0.508 e. The summed E-state index contributed by atoms with van der Waals surface area (Å²) < 4.78 is 5.09. The number of aryl methyl sites for hydroxylation is 1. The van der Waals surface area contributed by atoms with Crippen LogP contribution in [-0.2, 0) is 0 Å². The van der Waals surface area contributed by atoms with Gasteiger partial charge in [-0.3, -0.25) is 4.79 Å². The molecular weight excluding hydrogens is 250 g/mol. The number of benzene rings is 1. The summed E-state index contributed by atoms with van der Waals surface area (Å²) >= 11 is 1.31. The van der Waals surface area contributed by atoms with Gasteiger partial charge in [0.2, 0.25) is 0 Å². The van der Waals surface area contributed by atoms with Crippen molar-refractivity contribution in [3.63, 3.8) is 0 Å². The molecule has 1 amide bonds. The summed E-state index contributed by atoms with van der Waals surface area (Å²) in [4.78, 5) is 12.5. The molecule has 94 valence electrons. The Morgan fingerprint density at radius 3 is 2.83 bits per heavy atom. The average molecular weight is 263 g/mol. The minimum absolute atomic E-state index is 0.158. The zero-order valence-electron chi connectivity index (χ0n) is 10.1. The van der Waals surface area contributed by atoms with Crippen molar-refractivity contribution in [1.82, 2.24) is 0 Å². The lowest BCUT2D eigenvalue weighted by molar-refractivity contribution is 0.102. The lowest BCUT2D eigenvalue weighted by Crippen LogP contribution is -2.11. The molecule has 1 aromatic carbocycles. The number of carbonyl (C=O) groups excluding carboxylic acids is 1. The van der Waals surface area contributed by atoms with Crippen LogP contribution < -0.4 is 10.1 Å². The van der Waals surface area contributed by atoms with Crippen LogP contribution in [0.2, 0.25) is 0 Å². The molecule has 2 aromatic rings. The highest BCUT2D eigenvalue weighted by molar-refractivity contribution is 7.12. The van der Waals surface area contributed by atoms with Crippen molar-refractivity contribution in [3.8, 4) is 11.5 Å². The summed E-state index contributed by atoms with van der Waals surface area (Å²) in [7, 11) is 1.52. The Balaban J connectivity index is 2.19. The summed E-state index contributed by atoms with van der Waals surface area (Å²) in [5.74, 6) is 0.463. The van der Waals surface area contributed by atoms with Crippen molar-refractivity contribution in [2.24, 2.45) is 0 Å². The van der Waals surface area contributed by atoms with Crippen molar-refractivity contribution in [3.05, 3.63) is 40.1 Å². The molecule has 0 radical (unpaired) electrons. The van der Waals surface area contributed by atoms with Crippen LogP contribution in [0.4, 0.5) is 5.69 Å². The second kappa shape index (κ2) is 5.10. The second-order valence-electron chi connectivity index (χ2n) is 3.77. The van der Waals surface area contributed by atoms with Crippen LogP contribution in [0.15, 0.2) is 29.6 Å². The molecule has 1 heterocycles. The molecule has 0 unspecified atom stereocenters. The minimum atomic E-state index is -0.245. The molecule has 0 saturated carbocycles. The van der Waals surface area contributed by atoms with E-state index in [2.05, 4.69) is 5.32 Å². The highest BCUT2D eigenvalue weighted by atomic mass is 32.1. The number of hydrogen-bond donors (Lipinski definition) is 2. The highest BCUT2D eigenvalue weighted by Crippen LogP contribution is 2.26. The fourth-order valence-electron chi connectivity index (χ4n) is 1.50. The van der Waals surface area contributed by atoms with Gasteiger partial charge in [-0.1, -0.05) is 6.07 Å². The van der Waals surface area contributed by atoms with E-state index in [1.807, 2.05) is 0 Å². The van der Waals surface area contributed by atoms with Crippen molar-refractivity contribution in [2.45, 2.75) is 6.92 Å². The van der Waals surface area contributed by atoms with Crippen molar-refractivity contribution < 1.29 is 14.6 Å². The molecule has 0 spiro atoms. The lowest BCUT2D eigenvalue weighted by Gasteiger charge is -2.07. The molecule has 18 heavy (non-hydrogen) atoms. The molecule has 0 fully saturated rings. The molecule has 0 aliphatic rings. The van der Waals surface area contributed by atoms with E-state index in [0.29, 0.717) is 16.3 Å². The smallest absolute Gasteiger partial charge is 0.269 e. The predicted molar refractivity (Wildman–Crippen MR) is 71.7 cm³/mol. The van der Waals surface area contributed by atoms with E-state index in [9.17, 15) is 9.90 Å². The quantitative estimate of drug-likeness (QED) is 0.895. The van der Waals surface area contributed by atoms with E-state index in [1.54, 1.807) is 30.5 Å². The van der Waals surface area contributed by atoms with E-state index in [4.69, 9.17) is 4.74 Å². The lowest BCUT2D eigenvalue weighted by atomic mass is 10.2. The molecule has 5 heteroatoms. The van der Waals surface area contributed by atoms with E-state index < -0.39 is 0 Å². The number of nitrogens with one attached hydrogen (secondary N) is 1. The molecule has 2 N–H and O–H groups in total. The van der Waals surface area contributed by atoms with Crippen molar-refractivity contribution in [1.29, 1.82) is 0 Å². The van der Waals surface area contributed by atoms with E-state index in [1.165, 1.54) is 24.5 Å². The number of methoxy groups -OCH3 is 1.